The quantitative estimate of drug-likeness (QED) is 0.907. The van der Waals surface area contributed by atoms with Crippen molar-refractivity contribution in [2.75, 3.05) is 37.5 Å². The van der Waals surface area contributed by atoms with E-state index in [1.807, 2.05) is 0 Å². The van der Waals surface area contributed by atoms with Crippen molar-refractivity contribution >= 4 is 23.4 Å². The molecule has 2 heterocycles. The lowest BCUT2D eigenvalue weighted by Gasteiger charge is -2.49. The van der Waals surface area contributed by atoms with Crippen LogP contribution in [-0.2, 0) is 9.53 Å². The fourth-order valence-corrected chi connectivity index (χ4v) is 2.16. The Kier molecular flexibility index (Phi) is 4.70. The van der Waals surface area contributed by atoms with Crippen LogP contribution in [0.2, 0.25) is 0 Å². The lowest BCUT2D eigenvalue weighted by atomic mass is 9.93. The molecule has 1 aromatic rings. The normalized spacial score (nSPS) is 16.3. The van der Waals surface area contributed by atoms with E-state index in [0.717, 1.165) is 12.0 Å². The molecule has 2 rings (SSSR count). The Hall–Kier alpha value is -2.36. The molecule has 0 saturated carbocycles. The summed E-state index contributed by atoms with van der Waals surface area (Å²) in [6, 6.07) is 2.34. The number of urea groups is 1. The molecule has 0 bridgehead atoms. The van der Waals surface area contributed by atoms with Gasteiger partial charge in [0.05, 0.1) is 25.0 Å². The lowest BCUT2D eigenvalue weighted by molar-refractivity contribution is -0.303. The van der Waals surface area contributed by atoms with Crippen molar-refractivity contribution in [2.45, 2.75) is 18.7 Å². The maximum atomic E-state index is 12.9. The van der Waals surface area contributed by atoms with E-state index in [2.05, 4.69) is 15.0 Å². The molecule has 1 N–H and O–H groups in total. The third-order valence-electron chi connectivity index (χ3n) is 3.90. The van der Waals surface area contributed by atoms with Crippen molar-refractivity contribution in [3.8, 4) is 0 Å². The van der Waals surface area contributed by atoms with E-state index in [1.54, 1.807) is 7.05 Å². The zero-order chi connectivity index (χ0) is 18.1. The molecule has 10 heteroatoms. The monoisotopic (exact) mass is 346 g/mol. The van der Waals surface area contributed by atoms with Crippen LogP contribution in [0.3, 0.4) is 0 Å². The van der Waals surface area contributed by atoms with E-state index in [-0.39, 0.29) is 5.91 Å². The van der Waals surface area contributed by atoms with E-state index < -0.39 is 30.9 Å². The summed E-state index contributed by atoms with van der Waals surface area (Å²) in [7, 11) is 2.52. The van der Waals surface area contributed by atoms with Gasteiger partial charge in [0.2, 0.25) is 5.91 Å². The summed E-state index contributed by atoms with van der Waals surface area (Å²) < 4.78 is 43.2. The summed E-state index contributed by atoms with van der Waals surface area (Å²) in [5, 5.41) is 2.45. The predicted octanol–water partition coefficient (Wildman–Crippen LogP) is 1.86. The summed E-state index contributed by atoms with van der Waals surface area (Å²) in [4.78, 5) is 29.5. The highest BCUT2D eigenvalue weighted by atomic mass is 19.4. The van der Waals surface area contributed by atoms with E-state index in [4.69, 9.17) is 0 Å². The number of methoxy groups -OCH3 is 1. The van der Waals surface area contributed by atoms with Gasteiger partial charge in [0.1, 0.15) is 5.82 Å². The van der Waals surface area contributed by atoms with Crippen LogP contribution in [0.1, 0.15) is 6.92 Å². The van der Waals surface area contributed by atoms with Gasteiger partial charge in [0, 0.05) is 21.1 Å². The van der Waals surface area contributed by atoms with Gasteiger partial charge in [-0.15, -0.1) is 0 Å². The van der Waals surface area contributed by atoms with Crippen LogP contribution >= 0.6 is 0 Å². The highest BCUT2D eigenvalue weighted by Crippen LogP contribution is 2.40. The number of amides is 3. The van der Waals surface area contributed by atoms with Gasteiger partial charge in [0.15, 0.2) is 5.60 Å². The van der Waals surface area contributed by atoms with Crippen LogP contribution in [0.25, 0.3) is 0 Å². The highest BCUT2D eigenvalue weighted by molar-refractivity contribution is 5.91. The first kappa shape index (κ1) is 18.0. The maximum absolute atomic E-state index is 12.9. The standard InChI is InChI=1S/C14H17F3N4O3/c1-9(22)20(2)11-5-4-10(6-18-11)19-12(23)21-7-13(8-21,24-3)14(15,16)17/h4-6H,7-8H2,1-3H3,(H,19,23). The number of carbonyl (C=O) groups excluding carboxylic acids is 2. The summed E-state index contributed by atoms with van der Waals surface area (Å²) in [6.07, 6.45) is -3.22. The fraction of sp³-hybridized carbons (Fsp3) is 0.500. The van der Waals surface area contributed by atoms with E-state index in [0.29, 0.717) is 11.5 Å². The first-order valence-corrected chi connectivity index (χ1v) is 6.98. The van der Waals surface area contributed by atoms with Crippen molar-refractivity contribution in [1.82, 2.24) is 9.88 Å². The van der Waals surface area contributed by atoms with Gasteiger partial charge in [-0.2, -0.15) is 13.2 Å². The molecule has 1 aliphatic heterocycles. The number of anilines is 2. The fourth-order valence-electron chi connectivity index (χ4n) is 2.16. The molecule has 0 unspecified atom stereocenters. The number of likely N-dealkylation sites (tertiary alicyclic amines) is 1. The molecule has 3 amide bonds. The second-order valence-corrected chi connectivity index (χ2v) is 5.47. The number of halogens is 3. The first-order valence-electron chi connectivity index (χ1n) is 6.98. The minimum absolute atomic E-state index is 0.206. The third-order valence-corrected chi connectivity index (χ3v) is 3.90. The van der Waals surface area contributed by atoms with Gasteiger partial charge in [-0.3, -0.25) is 4.79 Å². The third kappa shape index (κ3) is 3.28. The van der Waals surface area contributed by atoms with Gasteiger partial charge in [-0.1, -0.05) is 0 Å². The molecule has 1 aromatic heterocycles. The zero-order valence-electron chi connectivity index (χ0n) is 13.3. The number of nitrogens with zero attached hydrogens (tertiary/aromatic N) is 3. The van der Waals surface area contributed by atoms with Crippen LogP contribution in [0.5, 0.6) is 0 Å². The molecule has 0 radical (unpaired) electrons. The van der Waals surface area contributed by atoms with Gasteiger partial charge < -0.3 is 19.9 Å². The van der Waals surface area contributed by atoms with Gasteiger partial charge in [0.25, 0.3) is 0 Å². The van der Waals surface area contributed by atoms with Gasteiger partial charge in [-0.05, 0) is 12.1 Å². The van der Waals surface area contributed by atoms with Crippen molar-refractivity contribution in [1.29, 1.82) is 0 Å². The van der Waals surface area contributed by atoms with Crippen molar-refractivity contribution < 1.29 is 27.5 Å². The summed E-state index contributed by atoms with van der Waals surface area (Å²) >= 11 is 0. The maximum Gasteiger partial charge on any atom is 0.420 e. The molecule has 0 aromatic carbocycles. The summed E-state index contributed by atoms with van der Waals surface area (Å²) in [5.41, 5.74) is -2.00. The largest absolute Gasteiger partial charge is 0.420 e. The molecule has 0 atom stereocenters. The average molecular weight is 346 g/mol. The topological polar surface area (TPSA) is 74.8 Å². The SMILES string of the molecule is COC1(C(F)(F)F)CN(C(=O)Nc2ccc(N(C)C(C)=O)nc2)C1. The Morgan fingerprint density at radius 1 is 1.38 bits per heavy atom. The minimum atomic E-state index is -4.54. The number of ether oxygens (including phenoxy) is 1. The van der Waals surface area contributed by atoms with E-state index >= 15 is 0 Å². The van der Waals surface area contributed by atoms with Gasteiger partial charge in [-0.25, -0.2) is 9.78 Å². The lowest BCUT2D eigenvalue weighted by Crippen LogP contribution is -2.71. The van der Waals surface area contributed by atoms with Crippen LogP contribution in [0, 0.1) is 0 Å². The average Bonchev–Trinajstić information content (AvgIpc) is 2.45. The summed E-state index contributed by atoms with van der Waals surface area (Å²) in [5.74, 6) is 0.183. The highest BCUT2D eigenvalue weighted by Gasteiger charge is 2.63. The number of pyridine rings is 1. The van der Waals surface area contributed by atoms with Gasteiger partial charge >= 0.3 is 12.2 Å². The molecule has 1 saturated heterocycles. The second-order valence-electron chi connectivity index (χ2n) is 5.47. The van der Waals surface area contributed by atoms with E-state index in [9.17, 15) is 22.8 Å². The molecule has 0 spiro atoms. The van der Waals surface area contributed by atoms with Crippen LogP contribution in [0.4, 0.5) is 29.5 Å². The molecular formula is C14H17F3N4O3. The van der Waals surface area contributed by atoms with E-state index in [1.165, 1.54) is 30.2 Å². The Bertz CT molecular complexity index is 627. The van der Waals surface area contributed by atoms with Crippen molar-refractivity contribution in [3.05, 3.63) is 18.3 Å². The minimum Gasteiger partial charge on any atom is -0.365 e. The smallest absolute Gasteiger partial charge is 0.365 e. The van der Waals surface area contributed by atoms with Crippen LogP contribution in [-0.4, -0.2) is 60.8 Å². The second kappa shape index (κ2) is 6.27. The number of hydrogen-bond donors (Lipinski definition) is 1. The number of carbonyl (C=O) groups is 2. The molecule has 7 nitrogen and oxygen atoms in total. The predicted molar refractivity (Wildman–Crippen MR) is 79.7 cm³/mol. The van der Waals surface area contributed by atoms with Crippen molar-refractivity contribution in [2.24, 2.45) is 0 Å². The van der Waals surface area contributed by atoms with Crippen LogP contribution in [0.15, 0.2) is 18.3 Å². The number of alkyl halides is 3. The number of nitrogens with one attached hydrogen (secondary N) is 1. The molecule has 0 aliphatic carbocycles. The first-order chi connectivity index (χ1) is 11.1. The summed E-state index contributed by atoms with van der Waals surface area (Å²) in [6.45, 7) is 0.235. The Labute approximate surface area is 136 Å². The molecular weight excluding hydrogens is 329 g/mol. The number of aromatic nitrogens is 1. The zero-order valence-corrected chi connectivity index (χ0v) is 13.3. The molecule has 1 aliphatic rings. The molecule has 132 valence electrons. The molecule has 1 fully saturated rings. The Morgan fingerprint density at radius 3 is 2.42 bits per heavy atom. The van der Waals surface area contributed by atoms with Crippen molar-refractivity contribution in [3.63, 3.8) is 0 Å². The Morgan fingerprint density at radius 2 is 2.00 bits per heavy atom. The Balaban J connectivity index is 1.96. The molecule has 24 heavy (non-hydrogen) atoms. The number of hydrogen-bond acceptors (Lipinski definition) is 4. The van der Waals surface area contributed by atoms with Crippen LogP contribution < -0.4 is 10.2 Å². The number of rotatable bonds is 3.